The normalized spacial score (nSPS) is 13.0. The monoisotopic (exact) mass is 593 g/mol. The molecule has 7 rings (SSSR count). The molecule has 2 aliphatic carbocycles. The Balaban J connectivity index is 0.000000804. The van der Waals surface area contributed by atoms with E-state index in [2.05, 4.69) is 127 Å². The maximum absolute atomic E-state index is 4.93. The summed E-state index contributed by atoms with van der Waals surface area (Å²) in [5, 5.41) is 0. The van der Waals surface area contributed by atoms with E-state index < -0.39 is 20.8 Å². The summed E-state index contributed by atoms with van der Waals surface area (Å²) in [5.74, 6) is 2.15. The molecular weight excluding hydrogens is 571 g/mol. The molecule has 2 aliphatic rings. The van der Waals surface area contributed by atoms with Gasteiger partial charge in [-0.2, -0.15) is 23.6 Å². The van der Waals surface area contributed by atoms with Crippen molar-refractivity contribution in [2.24, 2.45) is 0 Å². The Morgan fingerprint density at radius 2 is 0.838 bits per heavy atom. The first-order valence-corrected chi connectivity index (χ1v) is 18.9. The maximum atomic E-state index is 4.93. The quantitative estimate of drug-likeness (QED) is 0.181. The molecule has 0 amide bonds. The van der Waals surface area contributed by atoms with Crippen molar-refractivity contribution in [3.63, 3.8) is 0 Å². The Morgan fingerprint density at radius 3 is 1.30 bits per heavy atom. The molecule has 0 bridgehead atoms. The van der Waals surface area contributed by atoms with Crippen molar-refractivity contribution in [2.45, 2.75) is 18.3 Å². The number of benzene rings is 5. The van der Waals surface area contributed by atoms with Crippen LogP contribution in [0.15, 0.2) is 127 Å². The van der Waals surface area contributed by atoms with Gasteiger partial charge in [-0.1, -0.05) is 110 Å². The van der Waals surface area contributed by atoms with Crippen molar-refractivity contribution in [3.05, 3.63) is 161 Å². The summed E-state index contributed by atoms with van der Waals surface area (Å²) >= 11 is -0.826. The van der Waals surface area contributed by atoms with Crippen LogP contribution in [-0.4, -0.2) is 0 Å². The van der Waals surface area contributed by atoms with Crippen LogP contribution in [-0.2, 0) is 20.8 Å². The van der Waals surface area contributed by atoms with E-state index in [9.17, 15) is 0 Å². The van der Waals surface area contributed by atoms with E-state index >= 15 is 0 Å². The first-order chi connectivity index (χ1) is 18.3. The molecule has 0 saturated heterocycles. The largest absolute Gasteiger partial charge is 0.188 e. The smallest absolute Gasteiger partial charge is 0.00349 e. The van der Waals surface area contributed by atoms with Gasteiger partial charge in [0.2, 0.25) is 0 Å². The average Bonchev–Trinajstić information content (AvgIpc) is 3.46. The Bertz CT molecular complexity index is 1440. The van der Waals surface area contributed by atoms with Gasteiger partial charge in [-0.3, -0.25) is 0 Å². The van der Waals surface area contributed by atoms with E-state index in [1.165, 1.54) is 56.0 Å². The summed E-state index contributed by atoms with van der Waals surface area (Å²) in [6.07, 6.45) is 1.01. The second kappa shape index (κ2) is 11.0. The summed E-state index contributed by atoms with van der Waals surface area (Å²) < 4.78 is 0. The van der Waals surface area contributed by atoms with E-state index in [1.807, 2.05) is 0 Å². The van der Waals surface area contributed by atoms with Gasteiger partial charge in [-0.15, -0.1) is 12.1 Å². The van der Waals surface area contributed by atoms with E-state index in [0.29, 0.717) is 5.92 Å². The predicted octanol–water partition coefficient (Wildman–Crippen LogP) is 10.0. The minimum Gasteiger partial charge on any atom is -0.188 e. The molecule has 0 heterocycles. The van der Waals surface area contributed by atoms with Crippen LogP contribution >= 0.6 is 17.0 Å². The third-order valence-electron chi connectivity index (χ3n) is 7.71. The van der Waals surface area contributed by atoms with Gasteiger partial charge in [0.25, 0.3) is 0 Å². The van der Waals surface area contributed by atoms with Gasteiger partial charge in [0.05, 0.1) is 0 Å². The molecule has 5 aromatic carbocycles. The standard InChI is InChI=1S/C34H25.2ClH.Zr/c1-2-12-23(13-3-1)32(34-30-20-10-8-16-26(30)27-17-9-11-21-31(27)34)22-33-28-18-6-4-14-24(28)25-15-5-7-19-29(25)33;;;/h1-21,33-34H,22H2;2*1H;/q-1;;;+2/p-2. The average molecular weight is 596 g/mol. The Hall–Kier alpha value is -2.57. The molecule has 5 aromatic rings. The van der Waals surface area contributed by atoms with Crippen LogP contribution in [0.3, 0.4) is 0 Å². The minimum absolute atomic E-state index is 0.273. The second-order valence-electron chi connectivity index (χ2n) is 9.50. The van der Waals surface area contributed by atoms with Crippen molar-refractivity contribution >= 4 is 17.0 Å². The molecule has 0 spiro atoms. The Kier molecular flexibility index (Phi) is 7.39. The summed E-state index contributed by atoms with van der Waals surface area (Å²) in [5.41, 5.74) is 12.7. The van der Waals surface area contributed by atoms with Gasteiger partial charge in [-0.25, -0.2) is 0 Å². The van der Waals surface area contributed by atoms with Crippen LogP contribution in [0.5, 0.6) is 0 Å². The maximum Gasteiger partial charge on any atom is 0.00349 e. The van der Waals surface area contributed by atoms with Crippen LogP contribution in [0.25, 0.3) is 22.3 Å². The third-order valence-corrected chi connectivity index (χ3v) is 7.71. The number of hydrogen-bond acceptors (Lipinski definition) is 0. The summed E-state index contributed by atoms with van der Waals surface area (Å²) in [4.78, 5) is 0. The van der Waals surface area contributed by atoms with Crippen LogP contribution in [0.2, 0.25) is 0 Å². The second-order valence-corrected chi connectivity index (χ2v) is 13.2. The zero-order chi connectivity index (χ0) is 25.2. The van der Waals surface area contributed by atoms with Crippen molar-refractivity contribution < 1.29 is 20.8 Å². The Morgan fingerprint density at radius 1 is 0.486 bits per heavy atom. The summed E-state index contributed by atoms with van der Waals surface area (Å²) in [7, 11) is 9.87. The van der Waals surface area contributed by atoms with Gasteiger partial charge in [0, 0.05) is 5.92 Å². The molecule has 0 saturated carbocycles. The van der Waals surface area contributed by atoms with Gasteiger partial charge in [0.1, 0.15) is 0 Å². The molecule has 37 heavy (non-hydrogen) atoms. The van der Waals surface area contributed by atoms with Crippen molar-refractivity contribution in [2.75, 3.05) is 0 Å². The number of hydrogen-bond donors (Lipinski definition) is 0. The van der Waals surface area contributed by atoms with E-state index in [1.54, 1.807) is 0 Å². The van der Waals surface area contributed by atoms with E-state index in [0.717, 1.165) is 6.42 Å². The van der Waals surface area contributed by atoms with E-state index in [-0.39, 0.29) is 5.92 Å². The zero-order valence-electron chi connectivity index (χ0n) is 20.2. The fourth-order valence-corrected chi connectivity index (χ4v) is 6.29. The fourth-order valence-electron chi connectivity index (χ4n) is 6.29. The van der Waals surface area contributed by atoms with Crippen molar-refractivity contribution in [3.8, 4) is 22.3 Å². The molecule has 0 N–H and O–H groups in total. The molecule has 180 valence electrons. The number of rotatable bonds is 4. The molecule has 0 atom stereocenters. The van der Waals surface area contributed by atoms with Gasteiger partial charge < -0.3 is 0 Å². The molecule has 0 fully saturated rings. The zero-order valence-corrected chi connectivity index (χ0v) is 24.2. The van der Waals surface area contributed by atoms with Crippen LogP contribution in [0.1, 0.15) is 46.1 Å². The van der Waals surface area contributed by atoms with Gasteiger partial charge in [0.15, 0.2) is 0 Å². The topological polar surface area (TPSA) is 0 Å². The Labute approximate surface area is 238 Å². The summed E-state index contributed by atoms with van der Waals surface area (Å²) in [6.45, 7) is 0. The number of fused-ring (bicyclic) bond motifs is 6. The molecule has 3 heteroatoms. The predicted molar refractivity (Wildman–Crippen MR) is 153 cm³/mol. The first-order valence-electron chi connectivity index (χ1n) is 12.6. The molecule has 0 radical (unpaired) electrons. The van der Waals surface area contributed by atoms with Crippen LogP contribution < -0.4 is 0 Å². The van der Waals surface area contributed by atoms with Crippen LogP contribution in [0, 0.1) is 5.92 Å². The molecule has 0 nitrogen and oxygen atoms in total. The third kappa shape index (κ3) is 4.53. The molecule has 0 aliphatic heterocycles. The SMILES string of the molecule is [Cl][Zr][Cl].c1ccc([C-](CC2c3ccccc3-c3ccccc32)C2c3ccccc3-c3ccccc32)cc1. The van der Waals surface area contributed by atoms with Crippen LogP contribution in [0.4, 0.5) is 0 Å². The van der Waals surface area contributed by atoms with Gasteiger partial charge >= 0.3 is 37.9 Å². The van der Waals surface area contributed by atoms with E-state index in [4.69, 9.17) is 17.0 Å². The molecular formula is C34H25Cl2Zr-. The summed E-state index contributed by atoms with van der Waals surface area (Å²) in [6, 6.07) is 47.0. The number of halogens is 2. The first kappa shape index (κ1) is 24.8. The van der Waals surface area contributed by atoms with Crippen molar-refractivity contribution in [1.82, 2.24) is 0 Å². The van der Waals surface area contributed by atoms with Crippen molar-refractivity contribution in [1.29, 1.82) is 0 Å². The molecule has 0 aromatic heterocycles. The fraction of sp³-hybridized carbons (Fsp3) is 0.0882. The molecule has 0 unspecified atom stereocenters. The van der Waals surface area contributed by atoms with Gasteiger partial charge in [-0.05, 0) is 50.4 Å². The minimum atomic E-state index is -0.826.